The van der Waals surface area contributed by atoms with Gasteiger partial charge < -0.3 is 14.3 Å². The van der Waals surface area contributed by atoms with E-state index in [0.717, 1.165) is 21.9 Å². The molecule has 0 aliphatic rings. The zero-order valence-electron chi connectivity index (χ0n) is 9.65. The number of rotatable bonds is 5. The van der Waals surface area contributed by atoms with Gasteiger partial charge in [-0.15, -0.1) is 0 Å². The quantitative estimate of drug-likeness (QED) is 0.857. The Labute approximate surface area is 109 Å². The van der Waals surface area contributed by atoms with Crippen LogP contribution in [0.25, 0.3) is 11.0 Å². The highest BCUT2D eigenvalue weighted by Crippen LogP contribution is 2.29. The van der Waals surface area contributed by atoms with Crippen molar-refractivity contribution in [2.24, 2.45) is 0 Å². The van der Waals surface area contributed by atoms with E-state index in [0.29, 0.717) is 12.4 Å². The van der Waals surface area contributed by atoms with Gasteiger partial charge in [-0.1, -0.05) is 19.1 Å². The van der Waals surface area contributed by atoms with E-state index in [4.69, 9.17) is 9.15 Å². The van der Waals surface area contributed by atoms with Crippen LogP contribution in [0.2, 0.25) is 0 Å². The molecule has 1 N–H and O–H groups in total. The van der Waals surface area contributed by atoms with Crippen molar-refractivity contribution in [2.75, 3.05) is 13.2 Å². The maximum Gasteiger partial charge on any atom is 0.148 e. The molecule has 1 unspecified atom stereocenters. The molecular formula is C13H15BrO3. The Hall–Kier alpha value is -0.840. The van der Waals surface area contributed by atoms with Crippen molar-refractivity contribution in [3.8, 4) is 0 Å². The van der Waals surface area contributed by atoms with Crippen molar-refractivity contribution in [3.63, 3.8) is 0 Å². The molecule has 0 aliphatic carbocycles. The summed E-state index contributed by atoms with van der Waals surface area (Å²) < 4.78 is 11.8. The van der Waals surface area contributed by atoms with Gasteiger partial charge in [0.05, 0.1) is 11.1 Å². The second kappa shape index (κ2) is 5.67. The minimum Gasteiger partial charge on any atom is -0.457 e. The molecule has 1 heterocycles. The Morgan fingerprint density at radius 1 is 1.47 bits per heavy atom. The third-order valence-electron chi connectivity index (χ3n) is 2.47. The number of halogens is 1. The third kappa shape index (κ3) is 2.89. The molecule has 0 bridgehead atoms. The van der Waals surface area contributed by atoms with Crippen LogP contribution in [0.15, 0.2) is 33.2 Å². The molecular weight excluding hydrogens is 284 g/mol. The van der Waals surface area contributed by atoms with E-state index >= 15 is 0 Å². The maximum atomic E-state index is 9.91. The van der Waals surface area contributed by atoms with Crippen LogP contribution >= 0.6 is 15.9 Å². The summed E-state index contributed by atoms with van der Waals surface area (Å²) in [6, 6.07) is 7.65. The van der Waals surface area contributed by atoms with Gasteiger partial charge in [0.1, 0.15) is 17.4 Å². The van der Waals surface area contributed by atoms with Gasteiger partial charge >= 0.3 is 0 Å². The smallest absolute Gasteiger partial charge is 0.148 e. The summed E-state index contributed by atoms with van der Waals surface area (Å²) in [7, 11) is 0. The topological polar surface area (TPSA) is 42.6 Å². The Bertz CT molecular complexity index is 492. The predicted octanol–water partition coefficient (Wildman–Crippen LogP) is 3.66. The van der Waals surface area contributed by atoms with Crippen molar-refractivity contribution < 1.29 is 14.3 Å². The first-order chi connectivity index (χ1) is 8.22. The van der Waals surface area contributed by atoms with Crippen LogP contribution in [-0.4, -0.2) is 18.3 Å². The molecule has 0 aliphatic heterocycles. The van der Waals surface area contributed by atoms with Crippen LogP contribution < -0.4 is 0 Å². The molecule has 0 amide bonds. The summed E-state index contributed by atoms with van der Waals surface area (Å²) in [4.78, 5) is 0. The first-order valence-corrected chi connectivity index (χ1v) is 6.45. The number of furan rings is 1. The van der Waals surface area contributed by atoms with Gasteiger partial charge in [-0.05, 0) is 34.5 Å². The Kier molecular flexibility index (Phi) is 4.20. The first-order valence-electron chi connectivity index (χ1n) is 5.66. The highest BCUT2D eigenvalue weighted by Gasteiger charge is 2.14. The fraction of sp³-hybridized carbons (Fsp3) is 0.385. The maximum absolute atomic E-state index is 9.91. The highest BCUT2D eigenvalue weighted by atomic mass is 79.9. The van der Waals surface area contributed by atoms with E-state index in [1.165, 1.54) is 0 Å². The standard InChI is InChI=1S/C13H15BrO3/c1-2-6-16-8-11(15)12-7-9-4-3-5-10(14)13(9)17-12/h3-5,7,11,15H,2,6,8H2,1H3. The second-order valence-corrected chi connectivity index (χ2v) is 4.75. The zero-order valence-corrected chi connectivity index (χ0v) is 11.2. The largest absolute Gasteiger partial charge is 0.457 e. The molecule has 0 saturated heterocycles. The molecule has 0 radical (unpaired) electrons. The lowest BCUT2D eigenvalue weighted by atomic mass is 10.2. The Balaban J connectivity index is 2.16. The molecule has 0 fully saturated rings. The molecule has 2 rings (SSSR count). The van der Waals surface area contributed by atoms with E-state index < -0.39 is 6.10 Å². The van der Waals surface area contributed by atoms with Crippen LogP contribution in [0.1, 0.15) is 25.2 Å². The van der Waals surface area contributed by atoms with Crippen LogP contribution in [0.3, 0.4) is 0 Å². The third-order valence-corrected chi connectivity index (χ3v) is 3.09. The monoisotopic (exact) mass is 298 g/mol. The molecule has 2 aromatic rings. The summed E-state index contributed by atoms with van der Waals surface area (Å²) in [5.41, 5.74) is 0.761. The molecule has 17 heavy (non-hydrogen) atoms. The lowest BCUT2D eigenvalue weighted by Crippen LogP contribution is -2.06. The number of fused-ring (bicyclic) bond motifs is 1. The van der Waals surface area contributed by atoms with Crippen molar-refractivity contribution >= 4 is 26.9 Å². The molecule has 4 heteroatoms. The van der Waals surface area contributed by atoms with Gasteiger partial charge in [0, 0.05) is 12.0 Å². The lowest BCUT2D eigenvalue weighted by molar-refractivity contribution is 0.0261. The SMILES string of the molecule is CCCOCC(O)c1cc2cccc(Br)c2o1. The number of hydrogen-bond acceptors (Lipinski definition) is 3. The van der Waals surface area contributed by atoms with E-state index in [1.54, 1.807) is 0 Å². The minimum absolute atomic E-state index is 0.269. The van der Waals surface area contributed by atoms with Gasteiger partial charge in [-0.25, -0.2) is 0 Å². The summed E-state index contributed by atoms with van der Waals surface area (Å²) in [6.45, 7) is 2.96. The number of aliphatic hydroxyl groups excluding tert-OH is 1. The normalized spacial score (nSPS) is 13.1. The molecule has 1 aromatic heterocycles. The zero-order chi connectivity index (χ0) is 12.3. The average Bonchev–Trinajstić information content (AvgIpc) is 2.75. The minimum atomic E-state index is -0.708. The summed E-state index contributed by atoms with van der Waals surface area (Å²) in [5, 5.41) is 10.9. The van der Waals surface area contributed by atoms with E-state index in [1.807, 2.05) is 31.2 Å². The van der Waals surface area contributed by atoms with Crippen molar-refractivity contribution in [1.82, 2.24) is 0 Å². The van der Waals surface area contributed by atoms with Crippen molar-refractivity contribution in [2.45, 2.75) is 19.4 Å². The van der Waals surface area contributed by atoms with Gasteiger partial charge in [-0.3, -0.25) is 0 Å². The number of para-hydroxylation sites is 1. The molecule has 1 aromatic carbocycles. The highest BCUT2D eigenvalue weighted by molar-refractivity contribution is 9.10. The fourth-order valence-electron chi connectivity index (χ4n) is 1.63. The number of benzene rings is 1. The molecule has 3 nitrogen and oxygen atoms in total. The van der Waals surface area contributed by atoms with E-state index in [-0.39, 0.29) is 6.61 Å². The second-order valence-electron chi connectivity index (χ2n) is 3.90. The molecule has 0 spiro atoms. The van der Waals surface area contributed by atoms with Crippen LogP contribution in [0.4, 0.5) is 0 Å². The summed E-state index contributed by atoms with van der Waals surface area (Å²) in [5.74, 6) is 0.544. The summed E-state index contributed by atoms with van der Waals surface area (Å²) in [6.07, 6.45) is 0.235. The van der Waals surface area contributed by atoms with Gasteiger partial charge in [0.2, 0.25) is 0 Å². The molecule has 0 saturated carbocycles. The van der Waals surface area contributed by atoms with Gasteiger partial charge in [0.25, 0.3) is 0 Å². The van der Waals surface area contributed by atoms with Crippen LogP contribution in [0.5, 0.6) is 0 Å². The fourth-order valence-corrected chi connectivity index (χ4v) is 2.10. The summed E-state index contributed by atoms with van der Waals surface area (Å²) >= 11 is 3.42. The Morgan fingerprint density at radius 3 is 3.00 bits per heavy atom. The molecule has 92 valence electrons. The number of hydrogen-bond donors (Lipinski definition) is 1. The predicted molar refractivity (Wildman–Crippen MR) is 70.0 cm³/mol. The van der Waals surface area contributed by atoms with Gasteiger partial charge in [-0.2, -0.15) is 0 Å². The van der Waals surface area contributed by atoms with Crippen LogP contribution in [-0.2, 0) is 4.74 Å². The Morgan fingerprint density at radius 2 is 2.29 bits per heavy atom. The van der Waals surface area contributed by atoms with E-state index in [9.17, 15) is 5.11 Å². The van der Waals surface area contributed by atoms with Crippen molar-refractivity contribution in [1.29, 1.82) is 0 Å². The van der Waals surface area contributed by atoms with E-state index in [2.05, 4.69) is 15.9 Å². The molecule has 1 atom stereocenters. The van der Waals surface area contributed by atoms with Crippen LogP contribution in [0, 0.1) is 0 Å². The number of ether oxygens (including phenoxy) is 1. The van der Waals surface area contributed by atoms with Crippen molar-refractivity contribution in [3.05, 3.63) is 34.5 Å². The average molecular weight is 299 g/mol. The van der Waals surface area contributed by atoms with Gasteiger partial charge in [0.15, 0.2) is 0 Å². The lowest BCUT2D eigenvalue weighted by Gasteiger charge is -2.07. The first kappa shape index (κ1) is 12.6. The number of aliphatic hydroxyl groups is 1.